The van der Waals surface area contributed by atoms with Crippen LogP contribution in [0.2, 0.25) is 0 Å². The van der Waals surface area contributed by atoms with E-state index in [1.807, 2.05) is 0 Å². The van der Waals surface area contributed by atoms with E-state index in [0.717, 1.165) is 40.1 Å². The Morgan fingerprint density at radius 1 is 0.453 bits per heavy atom. The molecule has 310 valence electrons. The van der Waals surface area contributed by atoms with Crippen LogP contribution in [0, 0.1) is 0 Å². The maximum atomic E-state index is 5.90. The summed E-state index contributed by atoms with van der Waals surface area (Å²) in [4.78, 5) is 13.1. The van der Waals surface area contributed by atoms with E-state index in [2.05, 4.69) is 256 Å². The van der Waals surface area contributed by atoms with Crippen molar-refractivity contribution in [2.24, 2.45) is 0 Å². The largest absolute Gasteiger partial charge is 0.311 e. The zero-order valence-corrected chi connectivity index (χ0v) is 37.4. The summed E-state index contributed by atoms with van der Waals surface area (Å²) in [7, 11) is 0. The van der Waals surface area contributed by atoms with E-state index in [9.17, 15) is 0 Å². The lowest BCUT2D eigenvalue weighted by Crippen LogP contribution is -2.61. The minimum Gasteiger partial charge on any atom is -0.311 e. The van der Waals surface area contributed by atoms with Crippen LogP contribution in [0.5, 0.6) is 0 Å². The Morgan fingerprint density at radius 3 is 1.75 bits per heavy atom. The van der Waals surface area contributed by atoms with Crippen molar-refractivity contribution in [3.8, 4) is 11.1 Å². The molecule has 8 aromatic carbocycles. The van der Waals surface area contributed by atoms with Gasteiger partial charge in [0.25, 0.3) is 6.71 Å². The first-order valence-electron chi connectivity index (χ1n) is 22.5. The van der Waals surface area contributed by atoms with Crippen LogP contribution in [0.1, 0.15) is 52.7 Å². The maximum Gasteiger partial charge on any atom is 0.254 e. The van der Waals surface area contributed by atoms with Gasteiger partial charge >= 0.3 is 0 Å². The fourth-order valence-corrected chi connectivity index (χ4v) is 9.94. The van der Waals surface area contributed by atoms with Crippen LogP contribution in [0.3, 0.4) is 0 Å². The molecule has 0 bridgehead atoms. The molecule has 4 nitrogen and oxygen atoms in total. The molecule has 0 N–H and O–H groups in total. The van der Waals surface area contributed by atoms with Gasteiger partial charge in [-0.15, -0.1) is 0 Å². The Bertz CT molecular complexity index is 3200. The van der Waals surface area contributed by atoms with E-state index >= 15 is 0 Å². The standard InChI is InChI=1S/C59H51BN4/c1-58(2,3)41-31-34-45(35-32-41)63(51-37-33-42(59(4,5)6)39-48(51)47-26-17-20-40-19-13-14-25-46(40)47)55-38-36-50-57(61-55)64(44-23-11-8-12-24-44)54-30-18-29-53-56(54)60(50)49-27-15-16-28-52(49)62(53)43-21-9-7-10-22-43/h7-39H,1-6H3. The van der Waals surface area contributed by atoms with Crippen molar-refractivity contribution in [2.45, 2.75) is 52.4 Å². The normalized spacial score (nSPS) is 13.1. The van der Waals surface area contributed by atoms with E-state index in [-0.39, 0.29) is 17.5 Å². The Morgan fingerprint density at radius 2 is 1.03 bits per heavy atom. The van der Waals surface area contributed by atoms with Gasteiger partial charge in [-0.2, -0.15) is 0 Å². The molecular weight excluding hydrogens is 775 g/mol. The number of hydrogen-bond donors (Lipinski definition) is 0. The first kappa shape index (κ1) is 39.5. The Balaban J connectivity index is 1.18. The van der Waals surface area contributed by atoms with Gasteiger partial charge in [0.1, 0.15) is 11.6 Å². The average molecular weight is 827 g/mol. The Labute approximate surface area is 378 Å². The summed E-state index contributed by atoms with van der Waals surface area (Å²) >= 11 is 0. The zero-order valence-electron chi connectivity index (χ0n) is 37.4. The highest BCUT2D eigenvalue weighted by atomic mass is 15.3. The van der Waals surface area contributed by atoms with Crippen LogP contribution >= 0.6 is 0 Å². The molecule has 11 rings (SSSR count). The molecule has 0 amide bonds. The fourth-order valence-electron chi connectivity index (χ4n) is 9.94. The van der Waals surface area contributed by atoms with Crippen LogP contribution < -0.4 is 31.1 Å². The topological polar surface area (TPSA) is 22.6 Å². The second kappa shape index (κ2) is 15.2. The maximum absolute atomic E-state index is 5.90. The number of anilines is 9. The number of pyridine rings is 1. The quantitative estimate of drug-likeness (QED) is 0.156. The summed E-state index contributed by atoms with van der Waals surface area (Å²) < 4.78 is 0. The highest BCUT2D eigenvalue weighted by Crippen LogP contribution is 2.47. The third-order valence-corrected chi connectivity index (χ3v) is 13.2. The molecule has 3 heterocycles. The summed E-state index contributed by atoms with van der Waals surface area (Å²) in [6.07, 6.45) is 0. The van der Waals surface area contributed by atoms with Crippen molar-refractivity contribution >= 4 is 85.3 Å². The third kappa shape index (κ3) is 6.57. The summed E-state index contributed by atoms with van der Waals surface area (Å²) in [5.74, 6) is 1.78. The summed E-state index contributed by atoms with van der Waals surface area (Å²) in [6.45, 7) is 13.7. The van der Waals surface area contributed by atoms with Crippen LogP contribution in [-0.4, -0.2) is 11.7 Å². The lowest BCUT2D eigenvalue weighted by atomic mass is 9.33. The van der Waals surface area contributed by atoms with E-state index in [0.29, 0.717) is 0 Å². The van der Waals surface area contributed by atoms with Gasteiger partial charge in [-0.3, -0.25) is 9.80 Å². The van der Waals surface area contributed by atoms with Crippen molar-refractivity contribution in [1.29, 1.82) is 0 Å². The highest BCUT2D eigenvalue weighted by Gasteiger charge is 2.44. The number of para-hydroxylation sites is 3. The second-order valence-electron chi connectivity index (χ2n) is 19.3. The highest BCUT2D eigenvalue weighted by molar-refractivity contribution is 7.00. The van der Waals surface area contributed by atoms with Gasteiger partial charge in [0.2, 0.25) is 0 Å². The van der Waals surface area contributed by atoms with Crippen LogP contribution in [-0.2, 0) is 10.8 Å². The molecule has 0 atom stereocenters. The van der Waals surface area contributed by atoms with Crippen molar-refractivity contribution in [3.63, 3.8) is 0 Å². The van der Waals surface area contributed by atoms with Gasteiger partial charge in [-0.25, -0.2) is 4.98 Å². The molecule has 0 saturated heterocycles. The Kier molecular flexibility index (Phi) is 9.36. The lowest BCUT2D eigenvalue weighted by molar-refractivity contribution is 0.590. The molecule has 0 aliphatic carbocycles. The second-order valence-corrected chi connectivity index (χ2v) is 19.3. The first-order valence-corrected chi connectivity index (χ1v) is 22.5. The minimum atomic E-state index is -0.0596. The van der Waals surface area contributed by atoms with Gasteiger partial charge in [-0.1, -0.05) is 169 Å². The molecule has 0 unspecified atom stereocenters. The Hall–Kier alpha value is -7.37. The van der Waals surface area contributed by atoms with Gasteiger partial charge in [0.05, 0.1) is 5.69 Å². The van der Waals surface area contributed by atoms with Crippen LogP contribution in [0.15, 0.2) is 200 Å². The van der Waals surface area contributed by atoms with E-state index in [4.69, 9.17) is 4.98 Å². The molecule has 1 aromatic heterocycles. The first-order chi connectivity index (χ1) is 31.0. The molecule has 2 aliphatic rings. The van der Waals surface area contributed by atoms with Gasteiger partial charge < -0.3 is 4.90 Å². The van der Waals surface area contributed by atoms with Crippen LogP contribution in [0.4, 0.5) is 51.4 Å². The van der Waals surface area contributed by atoms with E-state index in [1.165, 1.54) is 60.8 Å². The summed E-state index contributed by atoms with van der Waals surface area (Å²) in [5, 5.41) is 2.44. The summed E-state index contributed by atoms with van der Waals surface area (Å²) in [5.41, 5.74) is 16.4. The van der Waals surface area contributed by atoms with Gasteiger partial charge in [-0.05, 0) is 127 Å². The van der Waals surface area contributed by atoms with Crippen molar-refractivity contribution in [2.75, 3.05) is 14.7 Å². The van der Waals surface area contributed by atoms with Gasteiger partial charge in [0.15, 0.2) is 0 Å². The number of rotatable bonds is 6. The lowest BCUT2D eigenvalue weighted by Gasteiger charge is -2.43. The number of hydrogen-bond acceptors (Lipinski definition) is 4. The van der Waals surface area contributed by atoms with Crippen molar-refractivity contribution < 1.29 is 0 Å². The number of aromatic nitrogens is 1. The molecule has 2 aliphatic heterocycles. The molecule has 0 radical (unpaired) electrons. The van der Waals surface area contributed by atoms with Gasteiger partial charge in [0, 0.05) is 39.7 Å². The SMILES string of the molecule is CC(C)(C)c1ccc(N(c2ccc3c(n2)N(c2ccccc2)c2cccc4c2B3c2ccccc2N4c2ccccc2)c2ccc(C(C)(C)C)cc2-c2cccc3ccccc23)cc1. The molecule has 0 spiro atoms. The minimum absolute atomic E-state index is 0.00467. The molecular formula is C59H51BN4. The van der Waals surface area contributed by atoms with Crippen LogP contribution in [0.25, 0.3) is 21.9 Å². The van der Waals surface area contributed by atoms with Crippen molar-refractivity contribution in [3.05, 3.63) is 211 Å². The fraction of sp³-hybridized carbons (Fsp3) is 0.136. The molecule has 0 fully saturated rings. The molecule has 0 saturated carbocycles. The predicted octanol–water partition coefficient (Wildman–Crippen LogP) is 14.0. The molecule has 9 aromatic rings. The number of benzene rings is 8. The monoisotopic (exact) mass is 826 g/mol. The van der Waals surface area contributed by atoms with E-state index in [1.54, 1.807) is 0 Å². The number of nitrogens with zero attached hydrogens (tertiary/aromatic N) is 4. The van der Waals surface area contributed by atoms with Crippen molar-refractivity contribution in [1.82, 2.24) is 4.98 Å². The molecule has 5 heteroatoms. The molecule has 64 heavy (non-hydrogen) atoms. The average Bonchev–Trinajstić information content (AvgIpc) is 3.31. The zero-order chi connectivity index (χ0) is 43.7. The number of fused-ring (bicyclic) bond motifs is 5. The summed E-state index contributed by atoms with van der Waals surface area (Å²) in [6, 6.07) is 73.4. The van der Waals surface area contributed by atoms with E-state index < -0.39 is 0 Å². The third-order valence-electron chi connectivity index (χ3n) is 13.2. The smallest absolute Gasteiger partial charge is 0.254 e. The predicted molar refractivity (Wildman–Crippen MR) is 273 cm³/mol.